The van der Waals surface area contributed by atoms with Gasteiger partial charge in [0.2, 0.25) is 0 Å². The number of ether oxygens (including phenoxy) is 14. The number of benzene rings is 4. The number of aryl methyl sites for hydroxylation is 8. The first-order valence-electron chi connectivity index (χ1n) is 27.3. The minimum Gasteiger partial charge on any atom is -0.872 e. The normalized spacial score (nSPS) is 16.3. The molecule has 26 heteroatoms. The van der Waals surface area contributed by atoms with Crippen molar-refractivity contribution in [2.75, 3.05) is 185 Å². The summed E-state index contributed by atoms with van der Waals surface area (Å²) >= 11 is 22.7. The smallest absolute Gasteiger partial charge is 0.872 e. The third-order valence-corrected chi connectivity index (χ3v) is 11.8. The van der Waals surface area contributed by atoms with E-state index in [9.17, 15) is 20.4 Å². The minimum atomic E-state index is 0. The van der Waals surface area contributed by atoms with Gasteiger partial charge in [-0.3, -0.25) is 0 Å². The molecule has 0 spiro atoms. The van der Waals surface area contributed by atoms with Gasteiger partial charge in [0, 0.05) is 20.1 Å². The maximum atomic E-state index is 11.1. The molecule has 0 unspecified atom stereocenters. The molecule has 11 rings (SSSR count). The van der Waals surface area contributed by atoms with Gasteiger partial charge in [0.25, 0.3) is 0 Å². The van der Waals surface area contributed by atoms with Gasteiger partial charge in [0.05, 0.1) is 185 Å². The number of hydrogen-bond acceptors (Lipinski definition) is 18. The van der Waals surface area contributed by atoms with Crippen LogP contribution in [0, 0.1) is 55.4 Å². The Bertz CT molecular complexity index is 1710. The summed E-state index contributed by atoms with van der Waals surface area (Å²) in [6.07, 6.45) is 0. The largest absolute Gasteiger partial charge is 1.00 e. The van der Waals surface area contributed by atoms with Gasteiger partial charge >= 0.3 is 233 Å². The van der Waals surface area contributed by atoms with E-state index >= 15 is 0 Å². The van der Waals surface area contributed by atoms with E-state index in [1.807, 2.05) is 0 Å². The molecule has 86 heavy (non-hydrogen) atoms. The minimum absolute atomic E-state index is 0. The first kappa shape index (κ1) is 96.3. The Morgan fingerprint density at radius 1 is 0.198 bits per heavy atom. The van der Waals surface area contributed by atoms with Gasteiger partial charge in [-0.05, 0) is 104 Å². The van der Waals surface area contributed by atoms with Gasteiger partial charge in [-0.15, -0.1) is 23.0 Å². The third kappa shape index (κ3) is 55.0. The molecule has 7 saturated heterocycles. The van der Waals surface area contributed by atoms with Crippen LogP contribution in [0.2, 0.25) is 20.1 Å². The predicted molar refractivity (Wildman–Crippen MR) is 313 cm³/mol. The molecule has 0 amide bonds. The predicted octanol–water partition coefficient (Wildman–Crippen LogP) is -3.63. The third-order valence-electron chi connectivity index (χ3n) is 10.9. The molecular formula is C60H88Cl4O18Rb4. The van der Waals surface area contributed by atoms with Crippen LogP contribution in [-0.2, 0) is 66.3 Å². The second-order valence-electron chi connectivity index (χ2n) is 18.0. The first-order valence-corrected chi connectivity index (χ1v) is 28.8. The molecule has 7 aliphatic heterocycles. The first-order chi connectivity index (χ1) is 39.4. The van der Waals surface area contributed by atoms with Crippen LogP contribution >= 0.6 is 46.4 Å². The SMILES string of the molecule is C1COCCO1.C1COCCO1.C1COCCO1.C1COCCO1.C1COCCO1.C1COCCO1.C1COCCO1.Cc1cc(Cl)cc(C)c1[O-].Cc1cc(Cl)cc(C)c1[O-].Cc1cc(Cl)cc(C)c1[O-].Cc1cc(Cl)cc(C)c1[O-].[Rb+].[Rb+].[Rb+].[Rb+]. The zero-order valence-electron chi connectivity index (χ0n) is 53.3. The number of hydrogen-bond donors (Lipinski definition) is 0. The number of rotatable bonds is 0. The van der Waals surface area contributed by atoms with Crippen LogP contribution in [0.4, 0.5) is 0 Å². The summed E-state index contributed by atoms with van der Waals surface area (Å²) in [5.74, 6) is 0.350. The summed E-state index contributed by atoms with van der Waals surface area (Å²) in [4.78, 5) is 0. The molecule has 7 aliphatic rings. The average Bonchev–Trinajstić information content (AvgIpc) is 3.65. The molecule has 0 bridgehead atoms. The topological polar surface area (TPSA) is 221 Å². The summed E-state index contributed by atoms with van der Waals surface area (Å²) in [5, 5.41) is 46.8. The van der Waals surface area contributed by atoms with Crippen LogP contribution in [0.5, 0.6) is 23.0 Å². The van der Waals surface area contributed by atoms with Gasteiger partial charge in [0.15, 0.2) is 0 Å². The van der Waals surface area contributed by atoms with E-state index in [2.05, 4.69) is 0 Å². The molecule has 0 atom stereocenters. The second-order valence-corrected chi connectivity index (χ2v) is 19.8. The molecule has 0 radical (unpaired) electrons. The molecule has 7 fully saturated rings. The fourth-order valence-corrected chi connectivity index (χ4v) is 7.98. The Hall–Kier alpha value is 3.90. The van der Waals surface area contributed by atoms with Crippen molar-refractivity contribution >= 4 is 46.4 Å². The standard InChI is InChI=1S/4C8H9ClO.7C4H8O2.4Rb/c4*1-5-3-7(9)4-6(2)8(5)10;7*1-2-6-4-3-5-1;;;;/h4*3-4,10H,1-2H3;7*1-4H2;;;;/q;;;;;;;;;;;4*+1/p-4. The van der Waals surface area contributed by atoms with Crippen LogP contribution in [-0.4, -0.2) is 185 Å². The molecule has 468 valence electrons. The summed E-state index contributed by atoms with van der Waals surface area (Å²) in [6.45, 7) is 35.9. The monoisotopic (exact) mass is 1580 g/mol. The Labute approximate surface area is 728 Å². The Morgan fingerprint density at radius 3 is 0.326 bits per heavy atom. The molecule has 0 N–H and O–H groups in total. The van der Waals surface area contributed by atoms with Crippen LogP contribution in [0.15, 0.2) is 48.5 Å². The molecule has 0 aliphatic carbocycles. The molecule has 4 aromatic carbocycles. The maximum absolute atomic E-state index is 11.1. The number of halogens is 4. The molecular weight excluding hydrogens is 1490 g/mol. The van der Waals surface area contributed by atoms with Gasteiger partial charge in [-0.25, -0.2) is 0 Å². The Balaban J connectivity index is -0.000000431. The van der Waals surface area contributed by atoms with Crippen molar-refractivity contribution in [2.45, 2.75) is 55.4 Å². The van der Waals surface area contributed by atoms with Gasteiger partial charge < -0.3 is 86.7 Å². The maximum Gasteiger partial charge on any atom is 1.00 e. The van der Waals surface area contributed by atoms with E-state index in [4.69, 9.17) is 113 Å². The van der Waals surface area contributed by atoms with Crippen LogP contribution in [0.3, 0.4) is 0 Å². The van der Waals surface area contributed by atoms with Crippen LogP contribution in [0.1, 0.15) is 44.5 Å². The molecule has 4 aromatic rings. The molecule has 18 nitrogen and oxygen atoms in total. The van der Waals surface area contributed by atoms with E-state index < -0.39 is 0 Å². The Morgan fingerprint density at radius 2 is 0.267 bits per heavy atom. The van der Waals surface area contributed by atoms with Crippen LogP contribution < -0.4 is 253 Å². The van der Waals surface area contributed by atoms with Crippen molar-refractivity contribution in [3.05, 3.63) is 113 Å². The van der Waals surface area contributed by atoms with E-state index in [-0.39, 0.29) is 256 Å². The molecule has 0 aromatic heterocycles. The summed E-state index contributed by atoms with van der Waals surface area (Å²) in [6, 6.07) is 13.4. The molecule has 7 heterocycles. The fourth-order valence-electron chi connectivity index (χ4n) is 6.67. The van der Waals surface area contributed by atoms with Crippen molar-refractivity contribution in [2.24, 2.45) is 0 Å². The summed E-state index contributed by atoms with van der Waals surface area (Å²) in [7, 11) is 0. The van der Waals surface area contributed by atoms with E-state index in [0.29, 0.717) is 64.6 Å². The van der Waals surface area contributed by atoms with Crippen molar-refractivity contribution in [1.29, 1.82) is 0 Å². The zero-order chi connectivity index (χ0) is 60.6. The van der Waals surface area contributed by atoms with E-state index in [1.54, 1.807) is 104 Å². The van der Waals surface area contributed by atoms with Crippen LogP contribution in [0.25, 0.3) is 0 Å². The van der Waals surface area contributed by atoms with Crippen molar-refractivity contribution < 1.29 is 319 Å². The van der Waals surface area contributed by atoms with E-state index in [1.165, 1.54) is 0 Å². The second kappa shape index (κ2) is 66.2. The summed E-state index contributed by atoms with van der Waals surface area (Å²) in [5.41, 5.74) is 5.70. The zero-order valence-corrected chi connectivity index (χ0v) is 76.0. The van der Waals surface area contributed by atoms with Crippen molar-refractivity contribution in [3.63, 3.8) is 0 Å². The van der Waals surface area contributed by atoms with Crippen molar-refractivity contribution in [3.8, 4) is 23.0 Å². The molecule has 0 saturated carbocycles. The summed E-state index contributed by atoms with van der Waals surface area (Å²) < 4.78 is 69.2. The fraction of sp³-hybridized carbons (Fsp3) is 0.600. The van der Waals surface area contributed by atoms with Gasteiger partial charge in [-0.2, -0.15) is 0 Å². The average molecular weight is 1580 g/mol. The van der Waals surface area contributed by atoms with Crippen molar-refractivity contribution in [1.82, 2.24) is 0 Å². The van der Waals surface area contributed by atoms with Gasteiger partial charge in [-0.1, -0.05) is 90.9 Å². The van der Waals surface area contributed by atoms with Gasteiger partial charge in [0.1, 0.15) is 0 Å². The van der Waals surface area contributed by atoms with E-state index in [0.717, 1.165) is 185 Å². The Kier molecular flexibility index (Phi) is 74.1. The quantitative estimate of drug-likeness (QED) is 0.166.